The highest BCUT2D eigenvalue weighted by molar-refractivity contribution is 7.91. The highest BCUT2D eigenvalue weighted by Crippen LogP contribution is 2.08. The number of ether oxygens (including phenoxy) is 1. The first-order valence-electron chi connectivity index (χ1n) is 5.04. The zero-order valence-corrected chi connectivity index (χ0v) is 10.3. The minimum atomic E-state index is -3.05. The zero-order valence-electron chi connectivity index (χ0n) is 9.47. The second-order valence-corrected chi connectivity index (χ2v) is 6.00. The molecule has 0 radical (unpaired) electrons. The molecule has 0 aromatic carbocycles. The topological polar surface area (TPSA) is 76.0 Å². The van der Waals surface area contributed by atoms with Gasteiger partial charge in [0.15, 0.2) is 9.84 Å². The number of hydrazone groups is 1. The Morgan fingerprint density at radius 3 is 2.75 bits per heavy atom. The lowest BCUT2D eigenvalue weighted by Crippen LogP contribution is -2.27. The van der Waals surface area contributed by atoms with E-state index in [-0.39, 0.29) is 30.4 Å². The van der Waals surface area contributed by atoms with Crippen LogP contribution in [0.5, 0.6) is 0 Å². The van der Waals surface area contributed by atoms with Gasteiger partial charge in [0.2, 0.25) is 5.91 Å². The summed E-state index contributed by atoms with van der Waals surface area (Å²) in [4.78, 5) is 11.4. The summed E-state index contributed by atoms with van der Waals surface area (Å²) in [6.45, 7) is 2.02. The lowest BCUT2D eigenvalue weighted by molar-refractivity contribution is -0.128. The Morgan fingerprint density at radius 2 is 2.19 bits per heavy atom. The molecule has 0 atom stereocenters. The lowest BCUT2D eigenvalue weighted by Gasteiger charge is -2.10. The third-order valence-corrected chi connectivity index (χ3v) is 3.95. The summed E-state index contributed by atoms with van der Waals surface area (Å²) in [6.07, 6.45) is 0.222. The molecule has 0 aliphatic carbocycles. The fourth-order valence-corrected chi connectivity index (χ4v) is 2.06. The number of methoxy groups -OCH3 is 1. The number of rotatable bonds is 6. The molecule has 92 valence electrons. The number of hydrogen-bond acceptors (Lipinski definition) is 5. The third kappa shape index (κ3) is 3.57. The van der Waals surface area contributed by atoms with Crippen LogP contribution in [0.3, 0.4) is 0 Å². The fourth-order valence-electron chi connectivity index (χ4n) is 1.32. The van der Waals surface area contributed by atoms with Crippen molar-refractivity contribution in [3.8, 4) is 0 Å². The Morgan fingerprint density at radius 1 is 1.50 bits per heavy atom. The van der Waals surface area contributed by atoms with Gasteiger partial charge in [0.1, 0.15) is 0 Å². The van der Waals surface area contributed by atoms with Crippen LogP contribution in [0, 0.1) is 0 Å². The Kier molecular flexibility index (Phi) is 4.43. The predicted molar refractivity (Wildman–Crippen MR) is 60.0 cm³/mol. The Bertz CT molecular complexity index is 388. The molecule has 1 rings (SSSR count). The molecular weight excluding hydrogens is 232 g/mol. The van der Waals surface area contributed by atoms with Crippen molar-refractivity contribution < 1.29 is 17.9 Å². The minimum Gasteiger partial charge on any atom is -0.379 e. The van der Waals surface area contributed by atoms with E-state index in [2.05, 4.69) is 5.10 Å². The second kappa shape index (κ2) is 5.40. The van der Waals surface area contributed by atoms with Gasteiger partial charge in [-0.05, 0) is 0 Å². The van der Waals surface area contributed by atoms with Gasteiger partial charge in [-0.1, -0.05) is 6.92 Å². The summed E-state index contributed by atoms with van der Waals surface area (Å²) in [6, 6.07) is 0. The first-order chi connectivity index (χ1) is 7.48. The van der Waals surface area contributed by atoms with Gasteiger partial charge >= 0.3 is 0 Å². The number of amides is 1. The Hall–Kier alpha value is -0.950. The molecule has 1 aliphatic heterocycles. The van der Waals surface area contributed by atoms with Crippen molar-refractivity contribution in [1.29, 1.82) is 0 Å². The summed E-state index contributed by atoms with van der Waals surface area (Å²) >= 11 is 0. The second-order valence-electron chi connectivity index (χ2n) is 3.53. The van der Waals surface area contributed by atoms with Crippen LogP contribution in [-0.2, 0) is 19.4 Å². The van der Waals surface area contributed by atoms with Crippen LogP contribution >= 0.6 is 0 Å². The SMILES string of the molecule is CCS(=O)(=O)CCN1N=C(COC)CC1=O. The summed E-state index contributed by atoms with van der Waals surface area (Å²) in [7, 11) is -1.53. The fraction of sp³-hybridized carbons (Fsp3) is 0.778. The molecule has 0 bridgehead atoms. The van der Waals surface area contributed by atoms with Crippen LogP contribution in [0.1, 0.15) is 13.3 Å². The number of hydrogen-bond donors (Lipinski definition) is 0. The number of nitrogens with zero attached hydrogens (tertiary/aromatic N) is 2. The molecule has 0 fully saturated rings. The molecule has 1 aliphatic rings. The van der Waals surface area contributed by atoms with Crippen molar-refractivity contribution in [2.75, 3.05) is 31.8 Å². The Labute approximate surface area is 95.2 Å². The maximum atomic E-state index is 11.4. The van der Waals surface area contributed by atoms with Crippen molar-refractivity contribution in [1.82, 2.24) is 5.01 Å². The molecule has 6 nitrogen and oxygen atoms in total. The van der Waals surface area contributed by atoms with Gasteiger partial charge in [-0.2, -0.15) is 5.10 Å². The molecule has 0 saturated heterocycles. The summed E-state index contributed by atoms with van der Waals surface area (Å²) in [5, 5.41) is 5.22. The van der Waals surface area contributed by atoms with E-state index in [9.17, 15) is 13.2 Å². The molecule has 1 heterocycles. The predicted octanol–water partition coefficient (Wildman–Crippen LogP) is -0.344. The molecule has 0 saturated carbocycles. The van der Waals surface area contributed by atoms with E-state index in [1.165, 1.54) is 12.1 Å². The van der Waals surface area contributed by atoms with Gasteiger partial charge in [-0.25, -0.2) is 13.4 Å². The Balaban J connectivity index is 2.52. The lowest BCUT2D eigenvalue weighted by atomic mass is 10.3. The van der Waals surface area contributed by atoms with Crippen LogP contribution in [0.15, 0.2) is 5.10 Å². The van der Waals surface area contributed by atoms with Gasteiger partial charge in [0, 0.05) is 12.9 Å². The molecule has 16 heavy (non-hydrogen) atoms. The number of carbonyl (C=O) groups excluding carboxylic acids is 1. The standard InChI is InChI=1S/C9H16N2O4S/c1-3-16(13,14)5-4-11-9(12)6-8(10-11)7-15-2/h3-7H2,1-2H3. The third-order valence-electron chi connectivity index (χ3n) is 2.27. The van der Waals surface area contributed by atoms with Gasteiger partial charge in [0.05, 0.1) is 31.0 Å². The summed E-state index contributed by atoms with van der Waals surface area (Å²) < 4.78 is 27.4. The van der Waals surface area contributed by atoms with Crippen molar-refractivity contribution in [2.45, 2.75) is 13.3 Å². The van der Waals surface area contributed by atoms with E-state index in [1.54, 1.807) is 6.92 Å². The van der Waals surface area contributed by atoms with Crippen LogP contribution in [0.2, 0.25) is 0 Å². The maximum absolute atomic E-state index is 11.4. The quantitative estimate of drug-likeness (QED) is 0.644. The van der Waals surface area contributed by atoms with Crippen LogP contribution < -0.4 is 0 Å². The molecule has 0 unspecified atom stereocenters. The van der Waals surface area contributed by atoms with Crippen LogP contribution in [0.25, 0.3) is 0 Å². The van der Waals surface area contributed by atoms with E-state index in [4.69, 9.17) is 4.74 Å². The minimum absolute atomic E-state index is 0.0427. The van der Waals surface area contributed by atoms with Crippen LogP contribution in [0.4, 0.5) is 0 Å². The average Bonchev–Trinajstić information content (AvgIpc) is 2.57. The average molecular weight is 248 g/mol. The highest BCUT2D eigenvalue weighted by atomic mass is 32.2. The molecular formula is C9H16N2O4S. The van der Waals surface area contributed by atoms with E-state index >= 15 is 0 Å². The van der Waals surface area contributed by atoms with Crippen molar-refractivity contribution in [3.05, 3.63) is 0 Å². The number of sulfone groups is 1. The van der Waals surface area contributed by atoms with E-state index in [0.717, 1.165) is 0 Å². The molecule has 1 amide bonds. The summed E-state index contributed by atoms with van der Waals surface area (Å²) in [5.74, 6) is -0.124. The molecule has 0 aromatic rings. The monoisotopic (exact) mass is 248 g/mol. The zero-order chi connectivity index (χ0) is 12.2. The normalized spacial score (nSPS) is 16.8. The van der Waals surface area contributed by atoms with Crippen LogP contribution in [-0.4, -0.2) is 56.8 Å². The first kappa shape index (κ1) is 13.1. The van der Waals surface area contributed by atoms with Gasteiger partial charge in [-0.3, -0.25) is 4.79 Å². The number of carbonyl (C=O) groups is 1. The maximum Gasteiger partial charge on any atom is 0.248 e. The smallest absolute Gasteiger partial charge is 0.248 e. The molecule has 0 aromatic heterocycles. The molecule has 0 N–H and O–H groups in total. The molecule has 7 heteroatoms. The summed E-state index contributed by atoms with van der Waals surface area (Å²) in [5.41, 5.74) is 0.640. The van der Waals surface area contributed by atoms with Gasteiger partial charge in [-0.15, -0.1) is 0 Å². The first-order valence-corrected chi connectivity index (χ1v) is 6.86. The largest absolute Gasteiger partial charge is 0.379 e. The van der Waals surface area contributed by atoms with Crippen molar-refractivity contribution in [3.63, 3.8) is 0 Å². The van der Waals surface area contributed by atoms with Crippen molar-refractivity contribution in [2.24, 2.45) is 5.10 Å². The van der Waals surface area contributed by atoms with E-state index < -0.39 is 9.84 Å². The van der Waals surface area contributed by atoms with Gasteiger partial charge < -0.3 is 4.74 Å². The van der Waals surface area contributed by atoms with Crippen molar-refractivity contribution >= 4 is 21.5 Å². The van der Waals surface area contributed by atoms with Gasteiger partial charge in [0.25, 0.3) is 0 Å². The highest BCUT2D eigenvalue weighted by Gasteiger charge is 2.24. The van der Waals surface area contributed by atoms with E-state index in [0.29, 0.717) is 12.3 Å². The molecule has 0 spiro atoms. The van der Waals surface area contributed by atoms with E-state index in [1.807, 2.05) is 0 Å².